The number of nitrogens with zero attached hydrogens (tertiary/aromatic N) is 1. The predicted molar refractivity (Wildman–Crippen MR) is 64.0 cm³/mol. The van der Waals surface area contributed by atoms with Crippen LogP contribution in [0.2, 0.25) is 0 Å². The van der Waals surface area contributed by atoms with E-state index in [2.05, 4.69) is 7.05 Å². The molecule has 2 saturated carbocycles. The van der Waals surface area contributed by atoms with E-state index in [9.17, 15) is 4.79 Å². The molecule has 0 aromatic rings. The molecule has 0 aromatic carbocycles. The number of carbonyl (C=O) groups is 1. The Kier molecular flexibility index (Phi) is 2.58. The van der Waals surface area contributed by atoms with Crippen LogP contribution in [0.1, 0.15) is 44.9 Å². The highest BCUT2D eigenvalue weighted by atomic mass is 16.1. The molecule has 2 aliphatic carbocycles. The quantitative estimate of drug-likeness (QED) is 0.623. The van der Waals surface area contributed by atoms with Crippen LogP contribution in [-0.4, -0.2) is 36.4 Å². The first-order chi connectivity index (χ1) is 7.71. The van der Waals surface area contributed by atoms with Crippen molar-refractivity contribution in [1.29, 1.82) is 0 Å². The van der Waals surface area contributed by atoms with Crippen molar-refractivity contribution in [2.75, 3.05) is 20.1 Å². The van der Waals surface area contributed by atoms with Crippen molar-refractivity contribution in [2.45, 2.75) is 51.0 Å². The number of piperidine rings is 1. The Morgan fingerprint density at radius 1 is 1.00 bits per heavy atom. The van der Waals surface area contributed by atoms with E-state index in [1.165, 1.54) is 62.5 Å². The van der Waals surface area contributed by atoms with Crippen LogP contribution in [0.4, 0.5) is 0 Å². The number of Topliss-reactive ketones (excluding diaryl/α,β-unsaturated/α-hetero) is 1. The first-order valence-corrected chi connectivity index (χ1v) is 7.09. The normalized spacial score (nSPS) is 42.3. The summed E-state index contributed by atoms with van der Waals surface area (Å²) in [5, 5.41) is 0. The largest absolute Gasteiger partial charge is 0.323 e. The molecule has 1 saturated heterocycles. The smallest absolute Gasteiger partial charge is 0.144 e. The summed E-state index contributed by atoms with van der Waals surface area (Å²) in [5.41, 5.74) is 0. The van der Waals surface area contributed by atoms with Gasteiger partial charge in [0.25, 0.3) is 0 Å². The van der Waals surface area contributed by atoms with Gasteiger partial charge in [-0.1, -0.05) is 0 Å². The predicted octanol–water partition coefficient (Wildman–Crippen LogP) is 2.37. The maximum absolute atomic E-state index is 12.2. The minimum atomic E-state index is 0.432. The number of hydrogen-bond acceptors (Lipinski definition) is 1. The average molecular weight is 222 g/mol. The van der Waals surface area contributed by atoms with Crippen molar-refractivity contribution in [1.82, 2.24) is 0 Å². The Hall–Kier alpha value is -0.370. The first-order valence-electron chi connectivity index (χ1n) is 7.09. The lowest BCUT2D eigenvalue weighted by Crippen LogP contribution is -2.59. The van der Waals surface area contributed by atoms with Crippen LogP contribution >= 0.6 is 0 Å². The lowest BCUT2D eigenvalue weighted by Gasteiger charge is -2.47. The average Bonchev–Trinajstić information content (AvgIpc) is 2.53. The fourth-order valence-electron chi connectivity index (χ4n) is 4.52. The van der Waals surface area contributed by atoms with Gasteiger partial charge in [0.2, 0.25) is 0 Å². The van der Waals surface area contributed by atoms with Gasteiger partial charge in [0, 0.05) is 12.3 Å². The number of rotatable bonds is 1. The molecule has 2 bridgehead atoms. The summed E-state index contributed by atoms with van der Waals surface area (Å²) in [6.45, 7) is 2.64. The molecule has 2 heteroatoms. The maximum atomic E-state index is 12.2. The topological polar surface area (TPSA) is 17.1 Å². The molecule has 0 spiro atoms. The van der Waals surface area contributed by atoms with Crippen molar-refractivity contribution in [2.24, 2.45) is 11.8 Å². The summed E-state index contributed by atoms with van der Waals surface area (Å²) >= 11 is 0. The fraction of sp³-hybridized carbons (Fsp3) is 0.929. The molecule has 0 radical (unpaired) electrons. The van der Waals surface area contributed by atoms with Gasteiger partial charge in [-0.3, -0.25) is 4.79 Å². The number of ketones is 1. The van der Waals surface area contributed by atoms with E-state index in [-0.39, 0.29) is 0 Å². The van der Waals surface area contributed by atoms with Gasteiger partial charge in [-0.25, -0.2) is 0 Å². The second-order valence-corrected chi connectivity index (χ2v) is 6.42. The molecule has 0 aromatic heterocycles. The molecule has 3 fully saturated rings. The van der Waals surface area contributed by atoms with Crippen molar-refractivity contribution >= 4 is 5.78 Å². The van der Waals surface area contributed by atoms with E-state index in [4.69, 9.17) is 0 Å². The third kappa shape index (κ3) is 1.54. The maximum Gasteiger partial charge on any atom is 0.144 e. The molecule has 2 nitrogen and oxygen atoms in total. The van der Waals surface area contributed by atoms with Crippen LogP contribution in [0, 0.1) is 11.8 Å². The molecular weight excluding hydrogens is 198 g/mol. The highest BCUT2D eigenvalue weighted by Crippen LogP contribution is 2.43. The fourth-order valence-corrected chi connectivity index (χ4v) is 4.52. The number of carbonyl (C=O) groups excluding carboxylic acids is 1. The molecule has 3 unspecified atom stereocenters. The number of hydrogen-bond donors (Lipinski definition) is 0. The number of quaternary nitrogens is 1. The molecule has 0 N–H and O–H groups in total. The third-order valence-corrected chi connectivity index (χ3v) is 5.51. The summed E-state index contributed by atoms with van der Waals surface area (Å²) in [4.78, 5) is 12.2. The van der Waals surface area contributed by atoms with Crippen molar-refractivity contribution in [3.63, 3.8) is 0 Å². The molecule has 3 atom stereocenters. The molecule has 90 valence electrons. The monoisotopic (exact) mass is 222 g/mol. The van der Waals surface area contributed by atoms with E-state index in [1.807, 2.05) is 0 Å². The summed E-state index contributed by atoms with van der Waals surface area (Å²) < 4.78 is 1.21. The molecule has 3 aliphatic rings. The van der Waals surface area contributed by atoms with Crippen LogP contribution < -0.4 is 0 Å². The zero-order chi connectivity index (χ0) is 11.2. The van der Waals surface area contributed by atoms with E-state index in [1.54, 1.807) is 0 Å². The minimum absolute atomic E-state index is 0.432. The van der Waals surface area contributed by atoms with E-state index in [0.29, 0.717) is 23.7 Å². The van der Waals surface area contributed by atoms with E-state index < -0.39 is 0 Å². The van der Waals surface area contributed by atoms with Crippen LogP contribution in [0.5, 0.6) is 0 Å². The summed E-state index contributed by atoms with van der Waals surface area (Å²) in [6.07, 6.45) is 9.05. The van der Waals surface area contributed by atoms with Crippen molar-refractivity contribution < 1.29 is 9.28 Å². The van der Waals surface area contributed by atoms with Gasteiger partial charge in [-0.15, -0.1) is 0 Å². The lowest BCUT2D eigenvalue weighted by atomic mass is 9.81. The summed E-state index contributed by atoms with van der Waals surface area (Å²) in [7, 11) is 2.41. The second-order valence-electron chi connectivity index (χ2n) is 6.42. The van der Waals surface area contributed by atoms with Gasteiger partial charge in [0.15, 0.2) is 0 Å². The number of fused-ring (bicyclic) bond motifs is 2. The zero-order valence-corrected chi connectivity index (χ0v) is 10.5. The SMILES string of the molecule is C[N+]1(C2CCC3CCC2C3=O)CCCCC1. The van der Waals surface area contributed by atoms with Crippen molar-refractivity contribution in [3.8, 4) is 0 Å². The molecule has 16 heavy (non-hydrogen) atoms. The van der Waals surface area contributed by atoms with Gasteiger partial charge in [-0.05, 0) is 38.5 Å². The highest BCUT2D eigenvalue weighted by molar-refractivity contribution is 5.86. The van der Waals surface area contributed by atoms with Crippen molar-refractivity contribution in [3.05, 3.63) is 0 Å². The third-order valence-electron chi connectivity index (χ3n) is 5.51. The Labute approximate surface area is 98.6 Å². The molecular formula is C14H24NO+. The van der Waals surface area contributed by atoms with Crippen LogP contribution in [0.3, 0.4) is 0 Å². The first kappa shape index (κ1) is 10.8. The minimum Gasteiger partial charge on any atom is -0.323 e. The van der Waals surface area contributed by atoms with Gasteiger partial charge < -0.3 is 4.48 Å². The highest BCUT2D eigenvalue weighted by Gasteiger charge is 2.50. The summed E-state index contributed by atoms with van der Waals surface area (Å²) in [5.74, 6) is 1.51. The summed E-state index contributed by atoms with van der Waals surface area (Å²) in [6, 6.07) is 0.673. The standard InChI is InChI=1S/C14H24NO/c1-15(9-3-2-4-10-15)13-8-6-11-5-7-12(13)14(11)16/h11-13H,2-10H2,1H3/q+1. The Bertz CT molecular complexity index is 293. The van der Waals surface area contributed by atoms with Crippen LogP contribution in [-0.2, 0) is 4.79 Å². The number of likely N-dealkylation sites (tertiary alicyclic amines) is 1. The Morgan fingerprint density at radius 2 is 1.69 bits per heavy atom. The van der Waals surface area contributed by atoms with E-state index >= 15 is 0 Å². The van der Waals surface area contributed by atoms with E-state index in [0.717, 1.165) is 0 Å². The van der Waals surface area contributed by atoms with Gasteiger partial charge in [0.05, 0.1) is 32.1 Å². The lowest BCUT2D eigenvalue weighted by molar-refractivity contribution is -0.940. The molecule has 3 rings (SSSR count). The molecule has 1 heterocycles. The van der Waals surface area contributed by atoms with Crippen LogP contribution in [0.25, 0.3) is 0 Å². The molecule has 1 aliphatic heterocycles. The molecule has 0 amide bonds. The Morgan fingerprint density at radius 3 is 2.44 bits per heavy atom. The van der Waals surface area contributed by atoms with Gasteiger partial charge in [-0.2, -0.15) is 0 Å². The van der Waals surface area contributed by atoms with Gasteiger partial charge >= 0.3 is 0 Å². The van der Waals surface area contributed by atoms with Crippen LogP contribution in [0.15, 0.2) is 0 Å². The second kappa shape index (κ2) is 3.83. The van der Waals surface area contributed by atoms with Gasteiger partial charge in [0.1, 0.15) is 5.78 Å². The zero-order valence-electron chi connectivity index (χ0n) is 10.5. The Balaban J connectivity index is 1.81.